The second-order valence-corrected chi connectivity index (χ2v) is 5.86. The van der Waals surface area contributed by atoms with Gasteiger partial charge in [-0.15, -0.1) is 0 Å². The van der Waals surface area contributed by atoms with Gasteiger partial charge in [0.2, 0.25) is 5.91 Å². The van der Waals surface area contributed by atoms with Crippen LogP contribution in [0.4, 0.5) is 5.69 Å². The molecule has 0 saturated heterocycles. The number of amides is 1. The average molecular weight is 377 g/mol. The first-order valence-corrected chi connectivity index (χ1v) is 8.95. The Kier molecular flexibility index (Phi) is 7.06. The molecule has 8 heteroatoms. The molecule has 0 aliphatic carbocycles. The molecule has 1 amide bonds. The van der Waals surface area contributed by atoms with E-state index >= 15 is 0 Å². The van der Waals surface area contributed by atoms with Crippen LogP contribution in [0.25, 0.3) is 10.9 Å². The van der Waals surface area contributed by atoms with Gasteiger partial charge < -0.3 is 24.5 Å². The zero-order chi connectivity index (χ0) is 20.0. The number of benzene rings is 1. The fourth-order valence-electron chi connectivity index (χ4n) is 2.84. The largest absolute Gasteiger partial charge is 0.493 e. The molecule has 2 aromatic rings. The number of esters is 1. The summed E-state index contributed by atoms with van der Waals surface area (Å²) >= 11 is 0. The van der Waals surface area contributed by atoms with E-state index in [4.69, 9.17) is 14.2 Å². The van der Waals surface area contributed by atoms with Gasteiger partial charge in [0.25, 0.3) is 0 Å². The number of carbonyl (C=O) groups is 2. The van der Waals surface area contributed by atoms with Gasteiger partial charge in [0.1, 0.15) is 5.69 Å². The van der Waals surface area contributed by atoms with Crippen LogP contribution in [0.3, 0.4) is 0 Å². The minimum absolute atomic E-state index is 0.190. The molecule has 1 aromatic carbocycles. The molecule has 1 aromatic heterocycles. The molecule has 0 saturated carbocycles. The summed E-state index contributed by atoms with van der Waals surface area (Å²) < 4.78 is 15.8. The van der Waals surface area contributed by atoms with Gasteiger partial charge in [0, 0.05) is 11.5 Å². The smallest absolute Gasteiger partial charge is 0.356 e. The van der Waals surface area contributed by atoms with Crippen molar-refractivity contribution in [2.45, 2.75) is 20.8 Å². The SMILES string of the molecule is CCOC(=O)c1[nH]c2cc(OC)c(OC)cc2c1NC(=O)CN(CC)CC. The molecule has 2 N–H and O–H groups in total. The number of aromatic nitrogens is 1. The van der Waals surface area contributed by atoms with Crippen molar-refractivity contribution in [1.82, 2.24) is 9.88 Å². The molecule has 0 spiro atoms. The third-order valence-electron chi connectivity index (χ3n) is 4.31. The fourth-order valence-corrected chi connectivity index (χ4v) is 2.84. The number of aromatic amines is 1. The number of H-pyrrole nitrogens is 1. The van der Waals surface area contributed by atoms with Crippen molar-refractivity contribution in [2.24, 2.45) is 0 Å². The standard InChI is InChI=1S/C19H27N3O5/c1-6-22(7-2)11-16(23)21-17-12-9-14(25-4)15(26-5)10-13(12)20-18(17)19(24)27-8-3/h9-10,20H,6-8,11H2,1-5H3,(H,21,23). The third kappa shape index (κ3) is 4.51. The van der Waals surface area contributed by atoms with Crippen LogP contribution in [0.15, 0.2) is 12.1 Å². The summed E-state index contributed by atoms with van der Waals surface area (Å²) in [5, 5.41) is 3.49. The number of hydrogen-bond acceptors (Lipinski definition) is 6. The van der Waals surface area contributed by atoms with Crippen LogP contribution < -0.4 is 14.8 Å². The summed E-state index contributed by atoms with van der Waals surface area (Å²) in [5.41, 5.74) is 1.20. The number of nitrogens with one attached hydrogen (secondary N) is 2. The van der Waals surface area contributed by atoms with Gasteiger partial charge in [0.05, 0.1) is 38.6 Å². The van der Waals surface area contributed by atoms with Gasteiger partial charge in [0.15, 0.2) is 11.5 Å². The Morgan fingerprint density at radius 3 is 2.26 bits per heavy atom. The highest BCUT2D eigenvalue weighted by Gasteiger charge is 2.23. The summed E-state index contributed by atoms with van der Waals surface area (Å²) in [7, 11) is 3.06. The van der Waals surface area contributed by atoms with E-state index in [-0.39, 0.29) is 24.8 Å². The van der Waals surface area contributed by atoms with Crippen LogP contribution in [0.2, 0.25) is 0 Å². The predicted octanol–water partition coefficient (Wildman–Crippen LogP) is 2.64. The van der Waals surface area contributed by atoms with E-state index in [9.17, 15) is 9.59 Å². The highest BCUT2D eigenvalue weighted by Crippen LogP contribution is 2.37. The Bertz CT molecular complexity index is 811. The summed E-state index contributed by atoms with van der Waals surface area (Å²) in [6, 6.07) is 3.44. The Morgan fingerprint density at radius 1 is 1.07 bits per heavy atom. The Labute approximate surface area is 158 Å². The molecule has 0 unspecified atom stereocenters. The van der Waals surface area contributed by atoms with E-state index in [0.29, 0.717) is 28.1 Å². The minimum atomic E-state index is -0.537. The first kappa shape index (κ1) is 20.6. The van der Waals surface area contributed by atoms with Crippen LogP contribution in [-0.4, -0.2) is 62.2 Å². The quantitative estimate of drug-likeness (QED) is 0.653. The van der Waals surface area contributed by atoms with Gasteiger partial charge >= 0.3 is 5.97 Å². The number of rotatable bonds is 9. The maximum atomic E-state index is 12.5. The molecule has 0 atom stereocenters. The second kappa shape index (κ2) is 9.27. The van der Waals surface area contributed by atoms with Crippen LogP contribution in [0.1, 0.15) is 31.3 Å². The third-order valence-corrected chi connectivity index (χ3v) is 4.31. The van der Waals surface area contributed by atoms with E-state index in [1.807, 2.05) is 18.7 Å². The highest BCUT2D eigenvalue weighted by atomic mass is 16.5. The van der Waals surface area contributed by atoms with E-state index in [2.05, 4.69) is 10.3 Å². The molecular formula is C19H27N3O5. The molecule has 0 fully saturated rings. The number of nitrogens with zero attached hydrogens (tertiary/aromatic N) is 1. The Morgan fingerprint density at radius 2 is 1.70 bits per heavy atom. The summed E-state index contributed by atoms with van der Waals surface area (Å²) in [6.07, 6.45) is 0. The first-order chi connectivity index (χ1) is 13.0. The molecule has 0 aliphatic heterocycles. The summed E-state index contributed by atoms with van der Waals surface area (Å²) in [4.78, 5) is 29.9. The molecule has 27 heavy (non-hydrogen) atoms. The zero-order valence-corrected chi connectivity index (χ0v) is 16.5. The number of anilines is 1. The normalized spacial score (nSPS) is 10.9. The van der Waals surface area contributed by atoms with Crippen LogP contribution in [-0.2, 0) is 9.53 Å². The van der Waals surface area contributed by atoms with E-state index in [1.165, 1.54) is 14.2 Å². The first-order valence-electron chi connectivity index (χ1n) is 8.95. The van der Waals surface area contributed by atoms with Gasteiger partial charge in [-0.2, -0.15) is 0 Å². The predicted molar refractivity (Wildman–Crippen MR) is 104 cm³/mol. The number of likely N-dealkylation sites (N-methyl/N-ethyl adjacent to an activating group) is 1. The molecule has 1 heterocycles. The zero-order valence-electron chi connectivity index (χ0n) is 16.5. The fraction of sp³-hybridized carbons (Fsp3) is 0.474. The van der Waals surface area contributed by atoms with Crippen molar-refractivity contribution in [2.75, 3.05) is 45.8 Å². The van der Waals surface area contributed by atoms with Gasteiger partial charge in [-0.3, -0.25) is 9.69 Å². The van der Waals surface area contributed by atoms with Crippen molar-refractivity contribution in [3.63, 3.8) is 0 Å². The molecule has 148 valence electrons. The van der Waals surface area contributed by atoms with Crippen molar-refractivity contribution in [3.8, 4) is 11.5 Å². The molecular weight excluding hydrogens is 350 g/mol. The topological polar surface area (TPSA) is 92.9 Å². The van der Waals surface area contributed by atoms with Crippen molar-refractivity contribution in [1.29, 1.82) is 0 Å². The van der Waals surface area contributed by atoms with Crippen molar-refractivity contribution < 1.29 is 23.8 Å². The average Bonchev–Trinajstić information content (AvgIpc) is 3.02. The molecule has 0 radical (unpaired) electrons. The van der Waals surface area contributed by atoms with Crippen molar-refractivity contribution >= 4 is 28.5 Å². The Hall–Kier alpha value is -2.74. The second-order valence-electron chi connectivity index (χ2n) is 5.86. The summed E-state index contributed by atoms with van der Waals surface area (Å²) in [6.45, 7) is 7.68. The van der Waals surface area contributed by atoms with E-state index in [0.717, 1.165) is 13.1 Å². The minimum Gasteiger partial charge on any atom is -0.493 e. The van der Waals surface area contributed by atoms with Crippen LogP contribution in [0, 0.1) is 0 Å². The lowest BCUT2D eigenvalue weighted by Gasteiger charge is -2.17. The molecule has 0 bridgehead atoms. The van der Waals surface area contributed by atoms with Gasteiger partial charge in [-0.05, 0) is 26.1 Å². The number of methoxy groups -OCH3 is 2. The van der Waals surface area contributed by atoms with Gasteiger partial charge in [-0.25, -0.2) is 4.79 Å². The molecule has 8 nitrogen and oxygen atoms in total. The maximum Gasteiger partial charge on any atom is 0.356 e. The van der Waals surface area contributed by atoms with Crippen LogP contribution >= 0.6 is 0 Å². The summed E-state index contributed by atoms with van der Waals surface area (Å²) in [5.74, 6) is 0.269. The molecule has 0 aliphatic rings. The van der Waals surface area contributed by atoms with Crippen LogP contribution in [0.5, 0.6) is 11.5 Å². The van der Waals surface area contributed by atoms with Gasteiger partial charge in [-0.1, -0.05) is 13.8 Å². The number of ether oxygens (including phenoxy) is 3. The molecule has 2 rings (SSSR count). The lowest BCUT2D eigenvalue weighted by molar-refractivity contribution is -0.117. The van der Waals surface area contributed by atoms with E-state index < -0.39 is 5.97 Å². The number of fused-ring (bicyclic) bond motifs is 1. The van der Waals surface area contributed by atoms with E-state index in [1.54, 1.807) is 19.1 Å². The lowest BCUT2D eigenvalue weighted by atomic mass is 10.2. The van der Waals surface area contributed by atoms with Crippen molar-refractivity contribution in [3.05, 3.63) is 17.8 Å². The Balaban J connectivity index is 2.50. The monoisotopic (exact) mass is 377 g/mol. The number of carbonyl (C=O) groups excluding carboxylic acids is 2. The number of hydrogen-bond donors (Lipinski definition) is 2. The lowest BCUT2D eigenvalue weighted by Crippen LogP contribution is -2.33. The highest BCUT2D eigenvalue weighted by molar-refractivity contribution is 6.11. The maximum absolute atomic E-state index is 12.5.